The molecule has 0 spiro atoms. The van der Waals surface area contributed by atoms with Crippen LogP contribution in [0.25, 0.3) is 0 Å². The van der Waals surface area contributed by atoms with E-state index in [0.717, 1.165) is 17.1 Å². The Kier molecular flexibility index (Phi) is 6.27. The number of rotatable bonds is 4. The average molecular weight is 278 g/mol. The molecular formula is C16H22O2S. The normalized spacial score (nSPS) is 10.8. The quantitative estimate of drug-likeness (QED) is 0.855. The highest BCUT2D eigenvalue weighted by Crippen LogP contribution is 2.31. The van der Waals surface area contributed by atoms with Gasteiger partial charge in [0.15, 0.2) is 0 Å². The van der Waals surface area contributed by atoms with Crippen LogP contribution in [0.1, 0.15) is 38.3 Å². The topological polar surface area (TPSA) is 29.5 Å². The summed E-state index contributed by atoms with van der Waals surface area (Å²) in [6.07, 6.45) is 0.512. The van der Waals surface area contributed by atoms with Crippen LogP contribution in [0, 0.1) is 11.8 Å². The van der Waals surface area contributed by atoms with E-state index in [4.69, 9.17) is 9.84 Å². The van der Waals surface area contributed by atoms with Crippen molar-refractivity contribution < 1.29 is 9.84 Å². The Morgan fingerprint density at radius 2 is 2.05 bits per heavy atom. The zero-order valence-corrected chi connectivity index (χ0v) is 12.9. The summed E-state index contributed by atoms with van der Waals surface area (Å²) in [6, 6.07) is 5.98. The smallest absolute Gasteiger partial charge is 0.122 e. The van der Waals surface area contributed by atoms with Gasteiger partial charge in [-0.1, -0.05) is 32.6 Å². The summed E-state index contributed by atoms with van der Waals surface area (Å²) in [5.41, 5.74) is 2.14. The minimum atomic E-state index is 0.107. The van der Waals surface area contributed by atoms with Crippen molar-refractivity contribution in [2.24, 2.45) is 0 Å². The number of ether oxygens (including phenoxy) is 1. The molecule has 0 saturated heterocycles. The van der Waals surface area contributed by atoms with E-state index in [1.54, 1.807) is 7.11 Å². The Morgan fingerprint density at radius 1 is 1.32 bits per heavy atom. The summed E-state index contributed by atoms with van der Waals surface area (Å²) >= 11 is 1.89. The zero-order valence-electron chi connectivity index (χ0n) is 12.1. The van der Waals surface area contributed by atoms with Crippen molar-refractivity contribution in [2.45, 2.75) is 37.7 Å². The van der Waals surface area contributed by atoms with Crippen molar-refractivity contribution in [1.29, 1.82) is 0 Å². The molecule has 0 aromatic heterocycles. The lowest BCUT2D eigenvalue weighted by Gasteiger charge is -2.18. The lowest BCUT2D eigenvalue weighted by atomic mass is 10.1. The number of methoxy groups -OCH3 is 1. The van der Waals surface area contributed by atoms with Gasteiger partial charge in [0.25, 0.3) is 0 Å². The Hall–Kier alpha value is -1.11. The largest absolute Gasteiger partial charge is 0.496 e. The fourth-order valence-electron chi connectivity index (χ4n) is 1.48. The van der Waals surface area contributed by atoms with Crippen molar-refractivity contribution in [3.05, 3.63) is 29.3 Å². The lowest BCUT2D eigenvalue weighted by Crippen LogP contribution is -2.07. The van der Waals surface area contributed by atoms with Gasteiger partial charge < -0.3 is 9.84 Å². The molecule has 1 N–H and O–H groups in total. The minimum absolute atomic E-state index is 0.107. The first kappa shape index (κ1) is 15.9. The van der Waals surface area contributed by atoms with Crippen LogP contribution in [0.4, 0.5) is 0 Å². The number of hydrogen-bond donors (Lipinski definition) is 1. The highest BCUT2D eigenvalue weighted by Gasteiger charge is 2.12. The number of hydrogen-bond acceptors (Lipinski definition) is 3. The maximum Gasteiger partial charge on any atom is 0.122 e. The molecule has 0 saturated carbocycles. The molecule has 0 unspecified atom stereocenters. The van der Waals surface area contributed by atoms with E-state index < -0.39 is 0 Å². The van der Waals surface area contributed by atoms with Crippen LogP contribution in [0.2, 0.25) is 0 Å². The molecule has 0 aliphatic rings. The van der Waals surface area contributed by atoms with Crippen LogP contribution in [0.3, 0.4) is 0 Å². The molecular weight excluding hydrogens is 256 g/mol. The van der Waals surface area contributed by atoms with Gasteiger partial charge in [-0.3, -0.25) is 0 Å². The highest BCUT2D eigenvalue weighted by molar-refractivity contribution is 7.99. The van der Waals surface area contributed by atoms with E-state index in [1.165, 1.54) is 5.56 Å². The third kappa shape index (κ3) is 6.04. The summed E-state index contributed by atoms with van der Waals surface area (Å²) in [5, 5.41) is 8.73. The van der Waals surface area contributed by atoms with Gasteiger partial charge in [-0.2, -0.15) is 11.8 Å². The van der Waals surface area contributed by atoms with Crippen molar-refractivity contribution in [3.8, 4) is 17.6 Å². The van der Waals surface area contributed by atoms with E-state index >= 15 is 0 Å². The SMILES string of the molecule is COc1ccc(C#CCCO)cc1CSC(C)(C)C. The zero-order chi connectivity index (χ0) is 14.3. The van der Waals surface area contributed by atoms with Crippen molar-refractivity contribution in [2.75, 3.05) is 13.7 Å². The first-order valence-electron chi connectivity index (χ1n) is 6.37. The van der Waals surface area contributed by atoms with Crippen LogP contribution < -0.4 is 4.74 Å². The molecule has 0 aliphatic heterocycles. The first-order valence-corrected chi connectivity index (χ1v) is 7.35. The van der Waals surface area contributed by atoms with E-state index in [9.17, 15) is 0 Å². The number of benzene rings is 1. The van der Waals surface area contributed by atoms with Gasteiger partial charge in [0.1, 0.15) is 5.75 Å². The van der Waals surface area contributed by atoms with Gasteiger partial charge >= 0.3 is 0 Å². The standard InChI is InChI=1S/C16H22O2S/c1-16(2,3)19-12-14-11-13(7-5-6-10-17)8-9-15(14)18-4/h8-9,11,17H,6,10,12H2,1-4H3. The molecule has 0 bridgehead atoms. The van der Waals surface area contributed by atoms with Gasteiger partial charge in [0.2, 0.25) is 0 Å². The summed E-state index contributed by atoms with van der Waals surface area (Å²) in [7, 11) is 1.69. The number of aliphatic hydroxyl groups excluding tert-OH is 1. The molecule has 0 amide bonds. The molecule has 3 heteroatoms. The van der Waals surface area contributed by atoms with E-state index in [-0.39, 0.29) is 11.4 Å². The van der Waals surface area contributed by atoms with Gasteiger partial charge in [0.05, 0.1) is 13.7 Å². The molecule has 0 heterocycles. The fourth-order valence-corrected chi connectivity index (χ4v) is 2.30. The van der Waals surface area contributed by atoms with Gasteiger partial charge in [-0.15, -0.1) is 0 Å². The van der Waals surface area contributed by atoms with Crippen molar-refractivity contribution >= 4 is 11.8 Å². The molecule has 2 nitrogen and oxygen atoms in total. The van der Waals surface area contributed by atoms with Crippen molar-refractivity contribution in [3.63, 3.8) is 0 Å². The van der Waals surface area contributed by atoms with E-state index in [1.807, 2.05) is 23.9 Å². The summed E-state index contributed by atoms with van der Waals surface area (Å²) < 4.78 is 5.62. The lowest BCUT2D eigenvalue weighted by molar-refractivity contribution is 0.305. The van der Waals surface area contributed by atoms with Crippen LogP contribution in [-0.2, 0) is 5.75 Å². The van der Waals surface area contributed by atoms with Crippen LogP contribution >= 0.6 is 11.8 Å². The maximum atomic E-state index is 8.73. The Labute approximate surface area is 120 Å². The Bertz CT molecular complexity index is 464. The van der Waals surface area contributed by atoms with E-state index in [0.29, 0.717) is 6.42 Å². The molecule has 1 aromatic rings. The predicted molar refractivity (Wildman–Crippen MR) is 82.6 cm³/mol. The third-order valence-corrected chi connectivity index (χ3v) is 3.73. The van der Waals surface area contributed by atoms with Crippen LogP contribution in [-0.4, -0.2) is 23.6 Å². The summed E-state index contributed by atoms with van der Waals surface area (Å²) in [4.78, 5) is 0. The monoisotopic (exact) mass is 278 g/mol. The molecule has 0 fully saturated rings. The predicted octanol–water partition coefficient (Wildman–Crippen LogP) is 3.46. The second kappa shape index (κ2) is 7.47. The van der Waals surface area contributed by atoms with Crippen LogP contribution in [0.5, 0.6) is 5.75 Å². The average Bonchev–Trinajstić information content (AvgIpc) is 2.36. The number of aliphatic hydroxyl groups is 1. The molecule has 0 radical (unpaired) electrons. The first-order chi connectivity index (χ1) is 8.96. The fraction of sp³-hybridized carbons (Fsp3) is 0.500. The summed E-state index contributed by atoms with van der Waals surface area (Å²) in [6.45, 7) is 6.72. The van der Waals surface area contributed by atoms with Crippen LogP contribution in [0.15, 0.2) is 18.2 Å². The Balaban J connectivity index is 2.88. The van der Waals surface area contributed by atoms with Gasteiger partial charge in [-0.05, 0) is 18.2 Å². The molecule has 0 atom stereocenters. The van der Waals surface area contributed by atoms with Gasteiger partial charge in [0, 0.05) is 28.0 Å². The molecule has 104 valence electrons. The molecule has 1 aromatic carbocycles. The third-order valence-electron chi connectivity index (χ3n) is 2.41. The number of thioether (sulfide) groups is 1. The minimum Gasteiger partial charge on any atom is -0.496 e. The highest BCUT2D eigenvalue weighted by atomic mass is 32.2. The second-order valence-electron chi connectivity index (χ2n) is 5.20. The second-order valence-corrected chi connectivity index (χ2v) is 7.01. The molecule has 1 rings (SSSR count). The maximum absolute atomic E-state index is 8.73. The van der Waals surface area contributed by atoms with E-state index in [2.05, 4.69) is 38.7 Å². The molecule has 0 aliphatic carbocycles. The van der Waals surface area contributed by atoms with Crippen molar-refractivity contribution in [1.82, 2.24) is 0 Å². The van der Waals surface area contributed by atoms with Gasteiger partial charge in [-0.25, -0.2) is 0 Å². The summed E-state index contributed by atoms with van der Waals surface area (Å²) in [5.74, 6) is 7.81. The molecule has 19 heavy (non-hydrogen) atoms. The Morgan fingerprint density at radius 3 is 2.63 bits per heavy atom.